The van der Waals surface area contributed by atoms with Gasteiger partial charge in [-0.1, -0.05) is 35.9 Å². The van der Waals surface area contributed by atoms with E-state index in [0.29, 0.717) is 0 Å². The fraction of sp³-hybridized carbons (Fsp3) is 0.111. The molecule has 116 valence electrons. The van der Waals surface area contributed by atoms with Crippen LogP contribution in [0.5, 0.6) is 0 Å². The summed E-state index contributed by atoms with van der Waals surface area (Å²) in [5.41, 5.74) is 7.39. The van der Waals surface area contributed by atoms with Crippen LogP contribution in [-0.4, -0.2) is 17.2 Å². The van der Waals surface area contributed by atoms with E-state index in [0.717, 1.165) is 33.3 Å². The highest BCUT2D eigenvalue weighted by atomic mass is 16.2. The highest BCUT2D eigenvalue weighted by Crippen LogP contribution is 2.16. The lowest BCUT2D eigenvalue weighted by molar-refractivity contribution is 0.252. The van der Waals surface area contributed by atoms with Crippen LogP contribution < -0.4 is 10.7 Å². The summed E-state index contributed by atoms with van der Waals surface area (Å²) in [6.45, 7) is 3.97. The van der Waals surface area contributed by atoms with Crippen LogP contribution in [0, 0.1) is 13.8 Å². The number of carbonyl (C=O) groups is 1. The molecule has 0 aliphatic rings. The van der Waals surface area contributed by atoms with Crippen molar-refractivity contribution in [1.82, 2.24) is 10.4 Å². The van der Waals surface area contributed by atoms with Crippen LogP contribution in [0.2, 0.25) is 0 Å². The van der Waals surface area contributed by atoms with Crippen LogP contribution in [0.15, 0.2) is 53.8 Å². The minimum atomic E-state index is -0.368. The lowest BCUT2D eigenvalue weighted by Gasteiger charge is -2.08. The Labute approximate surface area is 134 Å². The predicted molar refractivity (Wildman–Crippen MR) is 94.0 cm³/mol. The van der Waals surface area contributed by atoms with E-state index >= 15 is 0 Å². The van der Waals surface area contributed by atoms with Gasteiger partial charge in [0.2, 0.25) is 0 Å². The molecule has 0 fully saturated rings. The maximum absolute atomic E-state index is 11.9. The smallest absolute Gasteiger partial charge is 0.339 e. The number of nitrogens with zero attached hydrogens (tertiary/aromatic N) is 1. The molecule has 5 heteroatoms. The first-order valence-electron chi connectivity index (χ1n) is 7.37. The number of fused-ring (bicyclic) bond motifs is 1. The Morgan fingerprint density at radius 1 is 1.17 bits per heavy atom. The molecule has 0 aliphatic heterocycles. The Morgan fingerprint density at radius 3 is 2.83 bits per heavy atom. The van der Waals surface area contributed by atoms with Gasteiger partial charge in [-0.3, -0.25) is 0 Å². The summed E-state index contributed by atoms with van der Waals surface area (Å²) in [4.78, 5) is 15.1. The molecular weight excluding hydrogens is 288 g/mol. The number of H-pyrrole nitrogens is 1. The van der Waals surface area contributed by atoms with Gasteiger partial charge in [0, 0.05) is 28.4 Å². The average Bonchev–Trinajstić information content (AvgIpc) is 2.94. The number of amides is 2. The van der Waals surface area contributed by atoms with Crippen LogP contribution >= 0.6 is 0 Å². The van der Waals surface area contributed by atoms with Crippen LogP contribution in [0.1, 0.15) is 16.7 Å². The number of anilines is 1. The number of aryl methyl sites for hydroxylation is 2. The average molecular weight is 306 g/mol. The molecule has 3 rings (SSSR count). The van der Waals surface area contributed by atoms with Gasteiger partial charge in [-0.15, -0.1) is 0 Å². The van der Waals surface area contributed by atoms with E-state index < -0.39 is 0 Å². The van der Waals surface area contributed by atoms with E-state index in [2.05, 4.69) is 20.8 Å². The SMILES string of the molecule is Cc1ccc(NC(=O)N/N=C/c2c[nH]c3ccccc23)c(C)c1. The van der Waals surface area contributed by atoms with Gasteiger partial charge in [0.25, 0.3) is 0 Å². The molecule has 23 heavy (non-hydrogen) atoms. The number of hydrogen-bond donors (Lipinski definition) is 3. The molecule has 0 aliphatic carbocycles. The second kappa shape index (κ2) is 6.36. The standard InChI is InChI=1S/C18H18N4O/c1-12-7-8-16(13(2)9-12)21-18(23)22-20-11-14-10-19-17-6-4-3-5-15(14)17/h3-11,19H,1-2H3,(H2,21,22,23)/b20-11+. The largest absolute Gasteiger partial charge is 0.361 e. The Hall–Kier alpha value is -3.08. The van der Waals surface area contributed by atoms with E-state index in [1.807, 2.05) is 62.5 Å². The predicted octanol–water partition coefficient (Wildman–Crippen LogP) is 3.94. The van der Waals surface area contributed by atoms with Crippen molar-refractivity contribution in [1.29, 1.82) is 0 Å². The molecule has 0 bridgehead atoms. The van der Waals surface area contributed by atoms with Gasteiger partial charge >= 0.3 is 6.03 Å². The minimum Gasteiger partial charge on any atom is -0.361 e. The summed E-state index contributed by atoms with van der Waals surface area (Å²) < 4.78 is 0. The molecule has 5 nitrogen and oxygen atoms in total. The van der Waals surface area contributed by atoms with E-state index in [-0.39, 0.29) is 6.03 Å². The summed E-state index contributed by atoms with van der Waals surface area (Å²) in [7, 11) is 0. The third-order valence-corrected chi connectivity index (χ3v) is 3.62. The fourth-order valence-electron chi connectivity index (χ4n) is 2.47. The van der Waals surface area contributed by atoms with E-state index in [1.165, 1.54) is 0 Å². The molecule has 1 heterocycles. The Morgan fingerprint density at radius 2 is 2.00 bits per heavy atom. The molecule has 0 saturated heterocycles. The summed E-state index contributed by atoms with van der Waals surface area (Å²) in [5.74, 6) is 0. The van der Waals surface area contributed by atoms with Gasteiger partial charge in [0.05, 0.1) is 6.21 Å². The van der Waals surface area contributed by atoms with Crippen LogP contribution in [-0.2, 0) is 0 Å². The van der Waals surface area contributed by atoms with Crippen molar-refractivity contribution in [3.63, 3.8) is 0 Å². The van der Waals surface area contributed by atoms with Crippen molar-refractivity contribution >= 4 is 28.8 Å². The number of rotatable bonds is 3. The molecule has 0 saturated carbocycles. The molecule has 0 unspecified atom stereocenters. The first-order chi connectivity index (χ1) is 11.1. The van der Waals surface area contributed by atoms with Gasteiger partial charge in [0.1, 0.15) is 0 Å². The number of hydrogen-bond acceptors (Lipinski definition) is 2. The van der Waals surface area contributed by atoms with Crippen molar-refractivity contribution in [2.45, 2.75) is 13.8 Å². The first-order valence-corrected chi connectivity index (χ1v) is 7.37. The maximum Gasteiger partial charge on any atom is 0.339 e. The summed E-state index contributed by atoms with van der Waals surface area (Å²) in [6, 6.07) is 13.4. The van der Waals surface area contributed by atoms with Crippen molar-refractivity contribution in [3.8, 4) is 0 Å². The zero-order valence-corrected chi connectivity index (χ0v) is 13.1. The number of para-hydroxylation sites is 1. The molecule has 0 atom stereocenters. The second-order valence-electron chi connectivity index (χ2n) is 5.43. The number of benzene rings is 2. The third kappa shape index (κ3) is 3.40. The summed E-state index contributed by atoms with van der Waals surface area (Å²) in [5, 5.41) is 7.85. The second-order valence-corrected chi connectivity index (χ2v) is 5.43. The van der Waals surface area contributed by atoms with Crippen molar-refractivity contribution < 1.29 is 4.79 Å². The highest BCUT2D eigenvalue weighted by Gasteiger charge is 2.04. The lowest BCUT2D eigenvalue weighted by Crippen LogP contribution is -2.24. The molecule has 0 radical (unpaired) electrons. The zero-order chi connectivity index (χ0) is 16.2. The highest BCUT2D eigenvalue weighted by molar-refractivity contribution is 5.99. The molecule has 0 spiro atoms. The van der Waals surface area contributed by atoms with Crippen molar-refractivity contribution in [2.24, 2.45) is 5.10 Å². The number of hydrazone groups is 1. The number of carbonyl (C=O) groups excluding carboxylic acids is 1. The number of nitrogens with one attached hydrogen (secondary N) is 3. The lowest BCUT2D eigenvalue weighted by atomic mass is 10.1. The fourth-order valence-corrected chi connectivity index (χ4v) is 2.47. The first kappa shape index (κ1) is 14.8. The Kier molecular flexibility index (Phi) is 4.10. The molecule has 3 aromatic rings. The molecule has 3 N–H and O–H groups in total. The number of aromatic nitrogens is 1. The van der Waals surface area contributed by atoms with Gasteiger partial charge in [-0.05, 0) is 31.5 Å². The van der Waals surface area contributed by atoms with Gasteiger partial charge in [-0.25, -0.2) is 10.2 Å². The monoisotopic (exact) mass is 306 g/mol. The number of urea groups is 1. The molecule has 2 aromatic carbocycles. The van der Waals surface area contributed by atoms with Gasteiger partial charge in [0.15, 0.2) is 0 Å². The van der Waals surface area contributed by atoms with Crippen molar-refractivity contribution in [2.75, 3.05) is 5.32 Å². The molecular formula is C18H18N4O. The van der Waals surface area contributed by atoms with E-state index in [9.17, 15) is 4.79 Å². The topological polar surface area (TPSA) is 69.3 Å². The maximum atomic E-state index is 11.9. The molecule has 1 aromatic heterocycles. The van der Waals surface area contributed by atoms with Crippen LogP contribution in [0.25, 0.3) is 10.9 Å². The summed E-state index contributed by atoms with van der Waals surface area (Å²) >= 11 is 0. The summed E-state index contributed by atoms with van der Waals surface area (Å²) in [6.07, 6.45) is 3.48. The normalized spacial score (nSPS) is 11.0. The van der Waals surface area contributed by atoms with Gasteiger partial charge < -0.3 is 10.3 Å². The Bertz CT molecular complexity index is 880. The molecule has 2 amide bonds. The van der Waals surface area contributed by atoms with E-state index in [1.54, 1.807) is 6.21 Å². The Balaban J connectivity index is 1.64. The minimum absolute atomic E-state index is 0.368. The van der Waals surface area contributed by atoms with E-state index in [4.69, 9.17) is 0 Å². The zero-order valence-electron chi connectivity index (χ0n) is 13.1. The third-order valence-electron chi connectivity index (χ3n) is 3.62. The van der Waals surface area contributed by atoms with Crippen LogP contribution in [0.3, 0.4) is 0 Å². The van der Waals surface area contributed by atoms with Crippen LogP contribution in [0.4, 0.5) is 10.5 Å². The number of aromatic amines is 1. The van der Waals surface area contributed by atoms with Gasteiger partial charge in [-0.2, -0.15) is 5.10 Å². The van der Waals surface area contributed by atoms with Crippen molar-refractivity contribution in [3.05, 3.63) is 65.4 Å². The quantitative estimate of drug-likeness (QED) is 0.498.